The number of hydrogen-bond donors (Lipinski definition) is 1. The number of nitrogens with one attached hydrogen (secondary N) is 1. The fourth-order valence-corrected chi connectivity index (χ4v) is 3.43. The maximum atomic E-state index is 13.1. The Bertz CT molecular complexity index is 964. The van der Waals surface area contributed by atoms with Crippen molar-refractivity contribution in [2.75, 3.05) is 11.9 Å². The number of anilines is 1. The number of fused-ring (bicyclic) bond motifs is 1. The van der Waals surface area contributed by atoms with Crippen LogP contribution in [0.15, 0.2) is 48.5 Å². The van der Waals surface area contributed by atoms with Gasteiger partial charge >= 0.3 is 5.97 Å². The standard InChI is InChI=1S/C23H24N2O5/c1-4-30-23(29)15-8-7-9-16(13-15)24-20(26)19(12-14(2)3)25-21(27)17-10-5-6-11-18(17)22(25)28/h5-11,13-14,19H,4,12H2,1-3H3,(H,24,26)/t19-/m1/s1. The molecule has 1 heterocycles. The smallest absolute Gasteiger partial charge is 0.338 e. The Morgan fingerprint density at radius 2 is 1.63 bits per heavy atom. The Balaban J connectivity index is 1.86. The highest BCUT2D eigenvalue weighted by Crippen LogP contribution is 2.27. The number of esters is 1. The molecule has 0 saturated carbocycles. The van der Waals surface area contributed by atoms with Crippen molar-refractivity contribution in [3.8, 4) is 0 Å². The van der Waals surface area contributed by atoms with Crippen LogP contribution in [-0.2, 0) is 9.53 Å². The third kappa shape index (κ3) is 4.25. The number of imide groups is 1. The molecule has 3 rings (SSSR count). The van der Waals surface area contributed by atoms with Gasteiger partial charge in [0.15, 0.2) is 0 Å². The van der Waals surface area contributed by atoms with E-state index in [2.05, 4.69) is 5.32 Å². The van der Waals surface area contributed by atoms with E-state index in [4.69, 9.17) is 4.74 Å². The molecule has 0 aliphatic carbocycles. The largest absolute Gasteiger partial charge is 0.462 e. The Morgan fingerprint density at radius 1 is 1.00 bits per heavy atom. The van der Waals surface area contributed by atoms with E-state index in [0.717, 1.165) is 4.90 Å². The normalized spacial score (nSPS) is 13.9. The molecule has 156 valence electrons. The van der Waals surface area contributed by atoms with Gasteiger partial charge in [0, 0.05) is 5.69 Å². The number of carbonyl (C=O) groups is 4. The van der Waals surface area contributed by atoms with Gasteiger partial charge in [0.1, 0.15) is 6.04 Å². The zero-order valence-corrected chi connectivity index (χ0v) is 17.2. The Hall–Kier alpha value is -3.48. The third-order valence-electron chi connectivity index (χ3n) is 4.78. The van der Waals surface area contributed by atoms with Crippen molar-refractivity contribution in [1.29, 1.82) is 0 Å². The molecule has 0 bridgehead atoms. The van der Waals surface area contributed by atoms with Crippen LogP contribution in [0.25, 0.3) is 0 Å². The predicted molar refractivity (Wildman–Crippen MR) is 111 cm³/mol. The van der Waals surface area contributed by atoms with Crippen molar-refractivity contribution in [1.82, 2.24) is 4.90 Å². The topological polar surface area (TPSA) is 92.8 Å². The van der Waals surface area contributed by atoms with Crippen LogP contribution in [-0.4, -0.2) is 41.2 Å². The van der Waals surface area contributed by atoms with E-state index in [-0.39, 0.29) is 12.5 Å². The zero-order valence-electron chi connectivity index (χ0n) is 17.2. The lowest BCUT2D eigenvalue weighted by atomic mass is 10.0. The van der Waals surface area contributed by atoms with Gasteiger partial charge in [-0.3, -0.25) is 19.3 Å². The molecule has 0 fully saturated rings. The number of benzene rings is 2. The van der Waals surface area contributed by atoms with Crippen LogP contribution in [0, 0.1) is 5.92 Å². The lowest BCUT2D eigenvalue weighted by Crippen LogP contribution is -2.47. The molecule has 7 nitrogen and oxygen atoms in total. The molecule has 3 amide bonds. The molecule has 0 saturated heterocycles. The monoisotopic (exact) mass is 408 g/mol. The summed E-state index contributed by atoms with van der Waals surface area (Å²) in [6.45, 7) is 5.79. The molecule has 7 heteroatoms. The number of hydrogen-bond acceptors (Lipinski definition) is 5. The zero-order chi connectivity index (χ0) is 21.8. The van der Waals surface area contributed by atoms with Gasteiger partial charge in [-0.2, -0.15) is 0 Å². The molecular weight excluding hydrogens is 384 g/mol. The van der Waals surface area contributed by atoms with Gasteiger partial charge in [0.25, 0.3) is 11.8 Å². The predicted octanol–water partition coefficient (Wildman–Crippen LogP) is 3.51. The summed E-state index contributed by atoms with van der Waals surface area (Å²) >= 11 is 0. The van der Waals surface area contributed by atoms with Crippen molar-refractivity contribution in [2.24, 2.45) is 5.92 Å². The van der Waals surface area contributed by atoms with Crippen LogP contribution in [0.4, 0.5) is 5.69 Å². The highest BCUT2D eigenvalue weighted by molar-refractivity contribution is 6.23. The fourth-order valence-electron chi connectivity index (χ4n) is 3.43. The fraction of sp³-hybridized carbons (Fsp3) is 0.304. The molecule has 1 aliphatic heterocycles. The minimum atomic E-state index is -0.969. The summed E-state index contributed by atoms with van der Waals surface area (Å²) in [5, 5.41) is 2.74. The second-order valence-corrected chi connectivity index (χ2v) is 7.46. The SMILES string of the molecule is CCOC(=O)c1cccc(NC(=O)[C@@H](CC(C)C)N2C(=O)c3ccccc3C2=O)c1. The van der Waals surface area contributed by atoms with Gasteiger partial charge in [-0.05, 0) is 49.6 Å². The van der Waals surface area contributed by atoms with Gasteiger partial charge in [0.05, 0.1) is 23.3 Å². The molecule has 0 unspecified atom stereocenters. The first-order chi connectivity index (χ1) is 14.3. The minimum Gasteiger partial charge on any atom is -0.462 e. The summed E-state index contributed by atoms with van der Waals surface area (Å²) < 4.78 is 4.98. The van der Waals surface area contributed by atoms with E-state index in [1.165, 1.54) is 6.07 Å². The second-order valence-electron chi connectivity index (χ2n) is 7.46. The molecule has 2 aromatic carbocycles. The van der Waals surface area contributed by atoms with Gasteiger partial charge in [0.2, 0.25) is 5.91 Å². The number of rotatable bonds is 7. The van der Waals surface area contributed by atoms with Crippen molar-refractivity contribution in [2.45, 2.75) is 33.2 Å². The van der Waals surface area contributed by atoms with Gasteiger partial charge in [-0.15, -0.1) is 0 Å². The second kappa shape index (κ2) is 8.90. The van der Waals surface area contributed by atoms with E-state index in [0.29, 0.717) is 28.8 Å². The van der Waals surface area contributed by atoms with E-state index in [1.54, 1.807) is 49.4 Å². The van der Waals surface area contributed by atoms with E-state index < -0.39 is 29.7 Å². The maximum Gasteiger partial charge on any atom is 0.338 e. The van der Waals surface area contributed by atoms with Crippen LogP contribution in [0.1, 0.15) is 58.3 Å². The quantitative estimate of drug-likeness (QED) is 0.559. The summed E-state index contributed by atoms with van der Waals surface area (Å²) in [4.78, 5) is 51.8. The Morgan fingerprint density at radius 3 is 2.20 bits per heavy atom. The van der Waals surface area contributed by atoms with Crippen LogP contribution >= 0.6 is 0 Å². The molecule has 0 spiro atoms. The maximum absolute atomic E-state index is 13.1. The molecule has 1 N–H and O–H groups in total. The lowest BCUT2D eigenvalue weighted by molar-refractivity contribution is -0.120. The number of nitrogens with zero attached hydrogens (tertiary/aromatic N) is 1. The minimum absolute atomic E-state index is 0.0657. The van der Waals surface area contributed by atoms with E-state index in [1.807, 2.05) is 13.8 Å². The summed E-state index contributed by atoms with van der Waals surface area (Å²) in [6, 6.07) is 11.9. The number of ether oxygens (including phenoxy) is 1. The molecule has 30 heavy (non-hydrogen) atoms. The van der Waals surface area contributed by atoms with Crippen molar-refractivity contribution >= 4 is 29.4 Å². The lowest BCUT2D eigenvalue weighted by Gasteiger charge is -2.26. The average molecular weight is 408 g/mol. The average Bonchev–Trinajstić information content (AvgIpc) is 2.97. The molecular formula is C23H24N2O5. The third-order valence-corrected chi connectivity index (χ3v) is 4.78. The molecule has 2 aromatic rings. The highest BCUT2D eigenvalue weighted by atomic mass is 16.5. The number of carbonyl (C=O) groups excluding carboxylic acids is 4. The van der Waals surface area contributed by atoms with Crippen molar-refractivity contribution in [3.05, 3.63) is 65.2 Å². The number of amides is 3. The first-order valence-corrected chi connectivity index (χ1v) is 9.88. The van der Waals surface area contributed by atoms with Crippen LogP contribution in [0.2, 0.25) is 0 Å². The molecule has 0 radical (unpaired) electrons. The van der Waals surface area contributed by atoms with Crippen LogP contribution in [0.3, 0.4) is 0 Å². The summed E-state index contributed by atoms with van der Waals surface area (Å²) in [6.07, 6.45) is 0.314. The van der Waals surface area contributed by atoms with Gasteiger partial charge in [-0.25, -0.2) is 4.79 Å². The van der Waals surface area contributed by atoms with Crippen LogP contribution in [0.5, 0.6) is 0 Å². The van der Waals surface area contributed by atoms with Gasteiger partial charge < -0.3 is 10.1 Å². The Labute approximate surface area is 175 Å². The summed E-state index contributed by atoms with van der Waals surface area (Å²) in [5.41, 5.74) is 1.29. The molecule has 1 aliphatic rings. The Kier molecular flexibility index (Phi) is 6.30. The van der Waals surface area contributed by atoms with E-state index in [9.17, 15) is 19.2 Å². The van der Waals surface area contributed by atoms with Crippen LogP contribution < -0.4 is 5.32 Å². The van der Waals surface area contributed by atoms with Crippen molar-refractivity contribution in [3.63, 3.8) is 0 Å². The van der Waals surface area contributed by atoms with Crippen molar-refractivity contribution < 1.29 is 23.9 Å². The molecule has 1 atom stereocenters. The molecule has 0 aromatic heterocycles. The summed E-state index contributed by atoms with van der Waals surface area (Å²) in [7, 11) is 0. The first kappa shape index (κ1) is 21.2. The van der Waals surface area contributed by atoms with E-state index >= 15 is 0 Å². The first-order valence-electron chi connectivity index (χ1n) is 9.88. The summed E-state index contributed by atoms with van der Waals surface area (Å²) in [5.74, 6) is -1.86. The van der Waals surface area contributed by atoms with Gasteiger partial charge in [-0.1, -0.05) is 32.0 Å². The highest BCUT2D eigenvalue weighted by Gasteiger charge is 2.42.